The first-order valence-electron chi connectivity index (χ1n) is 11.4. The predicted molar refractivity (Wildman–Crippen MR) is 115 cm³/mol. The van der Waals surface area contributed by atoms with E-state index in [1.54, 1.807) is 4.90 Å². The summed E-state index contributed by atoms with van der Waals surface area (Å²) in [5.41, 5.74) is 0. The molecule has 1 amide bonds. The lowest BCUT2D eigenvalue weighted by Crippen LogP contribution is -2.35. The molecule has 0 fully saturated rings. The Morgan fingerprint density at radius 3 is 1.63 bits per heavy atom. The molecule has 4 nitrogen and oxygen atoms in total. The third-order valence-corrected chi connectivity index (χ3v) is 4.99. The molecule has 0 aromatic rings. The molecule has 0 saturated heterocycles. The number of unbranched alkanes of at least 4 members (excludes halogenated alkanes) is 12. The minimum atomic E-state index is -0.0434. The lowest BCUT2D eigenvalue weighted by Gasteiger charge is -2.20. The van der Waals surface area contributed by atoms with Crippen molar-refractivity contribution in [2.24, 2.45) is 0 Å². The van der Waals surface area contributed by atoms with E-state index in [4.69, 9.17) is 10.2 Å². The van der Waals surface area contributed by atoms with Crippen molar-refractivity contribution < 1.29 is 15.0 Å². The van der Waals surface area contributed by atoms with Crippen LogP contribution in [0.1, 0.15) is 103 Å². The maximum atomic E-state index is 12.0. The number of carbonyl (C=O) groups is 1. The van der Waals surface area contributed by atoms with Gasteiger partial charge in [0.05, 0.1) is 13.2 Å². The average molecular weight is 384 g/mol. The van der Waals surface area contributed by atoms with Gasteiger partial charge in [-0.3, -0.25) is 4.79 Å². The van der Waals surface area contributed by atoms with Crippen molar-refractivity contribution >= 4 is 5.91 Å². The molecule has 27 heavy (non-hydrogen) atoms. The highest BCUT2D eigenvalue weighted by atomic mass is 16.3. The van der Waals surface area contributed by atoms with Gasteiger partial charge < -0.3 is 15.1 Å². The second-order valence-corrected chi connectivity index (χ2v) is 7.52. The Bertz CT molecular complexity index is 339. The Morgan fingerprint density at radius 2 is 1.15 bits per heavy atom. The zero-order valence-corrected chi connectivity index (χ0v) is 17.8. The maximum Gasteiger partial charge on any atom is 0.222 e. The minimum Gasteiger partial charge on any atom is -0.395 e. The van der Waals surface area contributed by atoms with Gasteiger partial charge in [-0.1, -0.05) is 76.9 Å². The van der Waals surface area contributed by atoms with Gasteiger partial charge in [0.2, 0.25) is 5.91 Å². The summed E-state index contributed by atoms with van der Waals surface area (Å²) < 4.78 is 0. The fourth-order valence-corrected chi connectivity index (χ4v) is 3.28. The molecule has 0 aliphatic heterocycles. The van der Waals surface area contributed by atoms with Crippen molar-refractivity contribution in [3.8, 4) is 0 Å². The number of rotatable bonds is 20. The van der Waals surface area contributed by atoms with Gasteiger partial charge in [0.1, 0.15) is 0 Å². The van der Waals surface area contributed by atoms with Crippen molar-refractivity contribution in [2.45, 2.75) is 103 Å². The third-order valence-electron chi connectivity index (χ3n) is 4.99. The molecule has 0 saturated carbocycles. The number of allylic oxidation sites excluding steroid dienone is 2. The van der Waals surface area contributed by atoms with E-state index in [1.165, 1.54) is 77.0 Å². The lowest BCUT2D eigenvalue weighted by atomic mass is 10.1. The molecule has 0 aliphatic rings. The highest BCUT2D eigenvalue weighted by molar-refractivity contribution is 5.76. The molecular formula is C23H45NO3. The Morgan fingerprint density at radius 1 is 0.704 bits per heavy atom. The standard InChI is InChI=1S/C23H45NO3/c1-2-3-4-5-6-7-8-9-10-11-12-13-14-15-16-17-18-23(27)24(19-21-25)20-22-26/h10-11,25-26H,2-9,12-22H2,1H3/b11-10-. The fraction of sp³-hybridized carbons (Fsp3) is 0.870. The van der Waals surface area contributed by atoms with Gasteiger partial charge in [0, 0.05) is 19.5 Å². The molecule has 0 spiro atoms. The molecule has 0 heterocycles. The van der Waals surface area contributed by atoms with Crippen molar-refractivity contribution in [3.05, 3.63) is 12.2 Å². The van der Waals surface area contributed by atoms with E-state index in [0.29, 0.717) is 19.5 Å². The van der Waals surface area contributed by atoms with E-state index in [2.05, 4.69) is 19.1 Å². The molecule has 0 atom stereocenters. The van der Waals surface area contributed by atoms with Crippen LogP contribution in [0.5, 0.6) is 0 Å². The van der Waals surface area contributed by atoms with Crippen molar-refractivity contribution in [1.29, 1.82) is 0 Å². The van der Waals surface area contributed by atoms with E-state index < -0.39 is 0 Å². The molecule has 0 unspecified atom stereocenters. The van der Waals surface area contributed by atoms with E-state index >= 15 is 0 Å². The average Bonchev–Trinajstić information content (AvgIpc) is 2.67. The van der Waals surface area contributed by atoms with Gasteiger partial charge in [-0.25, -0.2) is 0 Å². The number of carbonyl (C=O) groups excluding carboxylic acids is 1. The molecule has 0 aliphatic carbocycles. The molecule has 0 aromatic carbocycles. The normalized spacial score (nSPS) is 11.4. The number of hydrogen-bond acceptors (Lipinski definition) is 3. The first kappa shape index (κ1) is 26.1. The Balaban J connectivity index is 3.38. The molecule has 160 valence electrons. The SMILES string of the molecule is CCCCCCCCC/C=C\CCCCCCCC(=O)N(CCO)CCO. The van der Waals surface area contributed by atoms with Crippen LogP contribution in [0.2, 0.25) is 0 Å². The van der Waals surface area contributed by atoms with Gasteiger partial charge in [-0.05, 0) is 32.1 Å². The highest BCUT2D eigenvalue weighted by Crippen LogP contribution is 2.11. The summed E-state index contributed by atoms with van der Waals surface area (Å²) in [4.78, 5) is 13.5. The van der Waals surface area contributed by atoms with Crippen LogP contribution >= 0.6 is 0 Å². The van der Waals surface area contributed by atoms with E-state index in [-0.39, 0.29) is 19.1 Å². The maximum absolute atomic E-state index is 12.0. The molecular weight excluding hydrogens is 338 g/mol. The van der Waals surface area contributed by atoms with E-state index in [9.17, 15) is 4.79 Å². The van der Waals surface area contributed by atoms with Crippen LogP contribution < -0.4 is 0 Å². The summed E-state index contributed by atoms with van der Waals surface area (Å²) in [5, 5.41) is 17.9. The fourth-order valence-electron chi connectivity index (χ4n) is 3.28. The Kier molecular flexibility index (Phi) is 20.7. The molecule has 0 rings (SSSR count). The summed E-state index contributed by atoms with van der Waals surface area (Å²) in [6, 6.07) is 0. The molecule has 0 bridgehead atoms. The highest BCUT2D eigenvalue weighted by Gasteiger charge is 2.11. The van der Waals surface area contributed by atoms with Crippen LogP contribution in [-0.2, 0) is 4.79 Å². The Labute approximate surface area is 168 Å². The first-order valence-corrected chi connectivity index (χ1v) is 11.4. The zero-order valence-electron chi connectivity index (χ0n) is 17.8. The summed E-state index contributed by atoms with van der Waals surface area (Å²) in [6.45, 7) is 2.83. The number of aliphatic hydroxyl groups excluding tert-OH is 2. The third kappa shape index (κ3) is 18.3. The van der Waals surface area contributed by atoms with E-state index in [1.807, 2.05) is 0 Å². The summed E-state index contributed by atoms with van der Waals surface area (Å²) in [7, 11) is 0. The topological polar surface area (TPSA) is 60.8 Å². The summed E-state index contributed by atoms with van der Waals surface area (Å²) in [6.07, 6.45) is 22.9. The summed E-state index contributed by atoms with van der Waals surface area (Å²) >= 11 is 0. The number of nitrogens with zero attached hydrogens (tertiary/aromatic N) is 1. The van der Waals surface area contributed by atoms with Gasteiger partial charge >= 0.3 is 0 Å². The number of aliphatic hydroxyl groups is 2. The quantitative estimate of drug-likeness (QED) is 0.224. The molecule has 4 heteroatoms. The van der Waals surface area contributed by atoms with Crippen molar-refractivity contribution in [2.75, 3.05) is 26.3 Å². The van der Waals surface area contributed by atoms with Gasteiger partial charge in [-0.15, -0.1) is 0 Å². The van der Waals surface area contributed by atoms with Crippen LogP contribution in [0.15, 0.2) is 12.2 Å². The van der Waals surface area contributed by atoms with Crippen LogP contribution in [0.3, 0.4) is 0 Å². The van der Waals surface area contributed by atoms with Crippen molar-refractivity contribution in [3.63, 3.8) is 0 Å². The largest absolute Gasteiger partial charge is 0.395 e. The predicted octanol–water partition coefficient (Wildman–Crippen LogP) is 5.23. The van der Waals surface area contributed by atoms with Crippen LogP contribution in [0, 0.1) is 0 Å². The lowest BCUT2D eigenvalue weighted by molar-refractivity contribution is -0.132. The first-order chi connectivity index (χ1) is 13.3. The number of hydrogen-bond donors (Lipinski definition) is 2. The molecule has 2 N–H and O–H groups in total. The van der Waals surface area contributed by atoms with Crippen LogP contribution in [0.4, 0.5) is 0 Å². The monoisotopic (exact) mass is 383 g/mol. The molecule has 0 aromatic heterocycles. The Hall–Kier alpha value is -0.870. The molecule has 0 radical (unpaired) electrons. The van der Waals surface area contributed by atoms with Gasteiger partial charge in [0.15, 0.2) is 0 Å². The van der Waals surface area contributed by atoms with Crippen LogP contribution in [0.25, 0.3) is 0 Å². The van der Waals surface area contributed by atoms with Crippen molar-refractivity contribution in [1.82, 2.24) is 4.90 Å². The summed E-state index contributed by atoms with van der Waals surface area (Å²) in [5.74, 6) is 0.0476. The van der Waals surface area contributed by atoms with Crippen LogP contribution in [-0.4, -0.2) is 47.3 Å². The minimum absolute atomic E-state index is 0.0434. The second-order valence-electron chi connectivity index (χ2n) is 7.52. The van der Waals surface area contributed by atoms with Gasteiger partial charge in [0.25, 0.3) is 0 Å². The van der Waals surface area contributed by atoms with Gasteiger partial charge in [-0.2, -0.15) is 0 Å². The number of amides is 1. The second kappa shape index (κ2) is 21.4. The zero-order chi connectivity index (χ0) is 20.0. The smallest absolute Gasteiger partial charge is 0.222 e. The van der Waals surface area contributed by atoms with E-state index in [0.717, 1.165) is 12.8 Å².